The Kier molecular flexibility index (Phi) is 11.1. The van der Waals surface area contributed by atoms with Crippen LogP contribution in [0.1, 0.15) is 38.9 Å². The Morgan fingerprint density at radius 1 is 0.672 bits per heavy atom. The van der Waals surface area contributed by atoms with Gasteiger partial charge in [0.25, 0.3) is 11.4 Å². The summed E-state index contributed by atoms with van der Waals surface area (Å²) in [4.78, 5) is 22.2. The van der Waals surface area contributed by atoms with Crippen LogP contribution in [0.2, 0.25) is 0 Å². The number of aromatic nitrogens is 8. The van der Waals surface area contributed by atoms with Crippen LogP contribution in [0, 0.1) is 57.2 Å². The topological polar surface area (TPSA) is 211 Å². The van der Waals surface area contributed by atoms with Crippen molar-refractivity contribution in [3.05, 3.63) is 166 Å². The minimum absolute atomic E-state index is 0.0417. The van der Waals surface area contributed by atoms with Crippen molar-refractivity contribution in [2.75, 3.05) is 0 Å². The number of aromatic amines is 2. The number of nitro benzene ring substituents is 2. The maximum Gasteiger partial charge on any atom is 0.269 e. The average Bonchev–Trinajstić information content (AvgIpc) is 4.02. The van der Waals surface area contributed by atoms with Gasteiger partial charge in [0.1, 0.15) is 9.28 Å². The predicted molar refractivity (Wildman–Crippen MR) is 221 cm³/mol. The van der Waals surface area contributed by atoms with Gasteiger partial charge in [-0.05, 0) is 78.4 Å². The Balaban J connectivity index is 0.000000177. The number of nitrogens with one attached hydrogen (secondary N) is 4. The molecule has 0 aliphatic carbocycles. The molecule has 0 saturated heterocycles. The molecule has 0 saturated carbocycles. The molecule has 58 heavy (non-hydrogen) atoms. The first-order chi connectivity index (χ1) is 27.9. The van der Waals surface area contributed by atoms with Crippen molar-refractivity contribution >= 4 is 41.6 Å². The number of rotatable bonds is 10. The molecule has 8 rings (SSSR count). The van der Waals surface area contributed by atoms with Crippen LogP contribution in [0.4, 0.5) is 11.4 Å². The van der Waals surface area contributed by atoms with Gasteiger partial charge >= 0.3 is 0 Å². The van der Waals surface area contributed by atoms with Gasteiger partial charge in [0, 0.05) is 36.7 Å². The van der Waals surface area contributed by atoms with Crippen LogP contribution in [0.5, 0.6) is 0 Å². The number of aryl methyl sites for hydroxylation is 2. The van der Waals surface area contributed by atoms with Crippen LogP contribution in [-0.4, -0.2) is 60.5 Å². The third kappa shape index (κ3) is 8.05. The third-order valence-corrected chi connectivity index (χ3v) is 10.5. The van der Waals surface area contributed by atoms with Gasteiger partial charge in [-0.25, -0.2) is 14.9 Å². The van der Waals surface area contributed by atoms with Crippen molar-refractivity contribution in [3.63, 3.8) is 0 Å². The van der Waals surface area contributed by atoms with Gasteiger partial charge in [0.2, 0.25) is 5.82 Å². The largest absolute Gasteiger partial charge is 0.299 e. The molecule has 4 N–H and O–H groups in total. The first kappa shape index (κ1) is 39.1. The zero-order valence-electron chi connectivity index (χ0n) is 31.6. The van der Waals surface area contributed by atoms with Crippen LogP contribution in [0.15, 0.2) is 102 Å². The molecule has 1 aliphatic heterocycles. The summed E-state index contributed by atoms with van der Waals surface area (Å²) >= 11 is 11.3. The van der Waals surface area contributed by atoms with Crippen molar-refractivity contribution in [2.45, 2.75) is 40.8 Å². The highest BCUT2D eigenvalue weighted by atomic mass is 32.1. The number of nitrogens with zero attached hydrogens (tertiary/aromatic N) is 10. The maximum atomic E-state index is 10.8. The molecule has 18 nitrogen and oxygen atoms in total. The van der Waals surface area contributed by atoms with E-state index in [4.69, 9.17) is 24.4 Å². The predicted octanol–water partition coefficient (Wildman–Crippen LogP) is 7.01. The number of hydrogen-bond acceptors (Lipinski definition) is 13. The molecule has 0 fully saturated rings. The molecule has 4 aromatic carbocycles. The van der Waals surface area contributed by atoms with Gasteiger partial charge in [0.05, 0.1) is 45.4 Å². The van der Waals surface area contributed by atoms with Crippen molar-refractivity contribution in [3.8, 4) is 22.8 Å². The van der Waals surface area contributed by atoms with E-state index in [2.05, 4.69) is 74.7 Å². The lowest BCUT2D eigenvalue weighted by Gasteiger charge is -2.18. The SMILES string of the molecule is Cc1cccc(-n2[nH]cc(-c3nnn(Cc4ccc([N+](=O)[O-])cc4)n3)c2=S)c1C.Cc1cccc(-n2[nH]cc(C3=NNNN3Cc3ccc([N+](=O)[O-])cc3)c2=S)c1C. The van der Waals surface area contributed by atoms with Gasteiger partial charge < -0.3 is 0 Å². The zero-order chi connectivity index (χ0) is 41.1. The van der Waals surface area contributed by atoms with Gasteiger partial charge in [0.15, 0.2) is 5.84 Å². The number of amidine groups is 1. The molecule has 0 bridgehead atoms. The summed E-state index contributed by atoms with van der Waals surface area (Å²) in [5.41, 5.74) is 15.6. The van der Waals surface area contributed by atoms with E-state index in [1.807, 2.05) is 46.7 Å². The van der Waals surface area contributed by atoms with Crippen molar-refractivity contribution in [1.29, 1.82) is 0 Å². The summed E-state index contributed by atoms with van der Waals surface area (Å²) in [6.07, 6.45) is 3.58. The van der Waals surface area contributed by atoms with E-state index in [1.54, 1.807) is 35.5 Å². The minimum atomic E-state index is -0.433. The maximum absolute atomic E-state index is 10.8. The monoisotopic (exact) mass is 816 g/mol. The third-order valence-electron chi connectivity index (χ3n) is 9.67. The fourth-order valence-electron chi connectivity index (χ4n) is 6.16. The number of tetrazole rings is 1. The summed E-state index contributed by atoms with van der Waals surface area (Å²) in [6, 6.07) is 24.8. The summed E-state index contributed by atoms with van der Waals surface area (Å²) in [5, 5.41) is 46.7. The number of hydrazone groups is 1. The van der Waals surface area contributed by atoms with E-state index in [0.29, 0.717) is 39.6 Å². The van der Waals surface area contributed by atoms with Crippen molar-refractivity contribution in [2.24, 2.45) is 5.10 Å². The van der Waals surface area contributed by atoms with E-state index in [-0.39, 0.29) is 11.4 Å². The number of hydrazine groups is 2. The lowest BCUT2D eigenvalue weighted by Crippen LogP contribution is -2.40. The van der Waals surface area contributed by atoms with Gasteiger partial charge in [-0.3, -0.25) is 35.4 Å². The summed E-state index contributed by atoms with van der Waals surface area (Å²) in [5.74, 6) is 1.05. The molecule has 0 radical (unpaired) electrons. The molecule has 20 heteroatoms. The molecule has 3 aromatic heterocycles. The van der Waals surface area contributed by atoms with E-state index >= 15 is 0 Å². The molecule has 0 unspecified atom stereocenters. The van der Waals surface area contributed by atoms with Crippen LogP contribution >= 0.6 is 24.4 Å². The summed E-state index contributed by atoms with van der Waals surface area (Å²) in [6.45, 7) is 9.02. The van der Waals surface area contributed by atoms with Crippen molar-refractivity contribution in [1.82, 2.24) is 55.8 Å². The van der Waals surface area contributed by atoms with Crippen LogP contribution in [0.3, 0.4) is 0 Å². The summed E-state index contributed by atoms with van der Waals surface area (Å²) in [7, 11) is 0. The molecular formula is C38H36N14O4S2. The highest BCUT2D eigenvalue weighted by Gasteiger charge is 2.23. The summed E-state index contributed by atoms with van der Waals surface area (Å²) < 4.78 is 4.85. The number of non-ortho nitro benzene ring substituents is 2. The van der Waals surface area contributed by atoms with E-state index in [9.17, 15) is 20.2 Å². The second kappa shape index (κ2) is 16.5. The number of nitro groups is 2. The van der Waals surface area contributed by atoms with Gasteiger partial charge in [-0.15, -0.1) is 20.8 Å². The molecule has 1 aliphatic rings. The highest BCUT2D eigenvalue weighted by molar-refractivity contribution is 7.71. The Morgan fingerprint density at radius 2 is 1.17 bits per heavy atom. The standard InChI is InChI=1S/C19H19N7O2S.C19H17N7O2S/c1-12-4-3-5-17(13(12)2)25-19(29)16(10-20-25)18-21-22-23-24(18)11-14-6-8-15(9-7-14)26(27)28;1-12-4-3-5-17(13(12)2)25-19(29)16(10-20-25)18-21-23-24(22-18)11-14-6-8-15(9-7-14)26(27)28/h3-10,20,22-23H,11H2,1-2H3;3-10,20H,11H2,1-2H3. The van der Waals surface area contributed by atoms with E-state index in [0.717, 1.165) is 39.2 Å². The molecule has 294 valence electrons. The Bertz CT molecular complexity index is 2800. The number of hydrogen-bond donors (Lipinski definition) is 4. The number of benzene rings is 4. The molecule has 4 heterocycles. The smallest absolute Gasteiger partial charge is 0.269 e. The zero-order valence-corrected chi connectivity index (χ0v) is 33.2. The quantitative estimate of drug-likeness (QED) is 0.0624. The van der Waals surface area contributed by atoms with Crippen LogP contribution < -0.4 is 11.1 Å². The average molecular weight is 817 g/mol. The first-order valence-corrected chi connectivity index (χ1v) is 18.6. The Labute approximate surface area is 340 Å². The molecule has 0 atom stereocenters. The second-order valence-electron chi connectivity index (χ2n) is 13.3. The fourth-order valence-corrected chi connectivity index (χ4v) is 6.76. The first-order valence-electron chi connectivity index (χ1n) is 17.7. The molecule has 0 amide bonds. The molecule has 7 aromatic rings. The van der Waals surface area contributed by atoms with E-state index < -0.39 is 9.85 Å². The normalized spacial score (nSPS) is 12.1. The Morgan fingerprint density at radius 3 is 1.71 bits per heavy atom. The van der Waals surface area contributed by atoms with Crippen LogP contribution in [-0.2, 0) is 13.1 Å². The van der Waals surface area contributed by atoms with E-state index in [1.165, 1.54) is 40.2 Å². The van der Waals surface area contributed by atoms with Crippen molar-refractivity contribution < 1.29 is 9.85 Å². The fraction of sp³-hybridized carbons (Fsp3) is 0.158. The molecular weight excluding hydrogens is 781 g/mol. The highest BCUT2D eigenvalue weighted by Crippen LogP contribution is 2.24. The minimum Gasteiger partial charge on any atom is -0.299 e. The second-order valence-corrected chi connectivity index (χ2v) is 14.1. The number of H-pyrrole nitrogens is 2. The van der Waals surface area contributed by atoms with Gasteiger partial charge in [-0.1, -0.05) is 73.0 Å². The Hall–Kier alpha value is -7.16. The lowest BCUT2D eigenvalue weighted by atomic mass is 10.1. The van der Waals surface area contributed by atoms with Crippen LogP contribution in [0.25, 0.3) is 22.8 Å². The lowest BCUT2D eigenvalue weighted by molar-refractivity contribution is -0.385. The van der Waals surface area contributed by atoms with Gasteiger partial charge in [-0.2, -0.15) is 4.80 Å². The molecule has 0 spiro atoms.